The Kier molecular flexibility index (Phi) is 4.90. The molecule has 3 rings (SSSR count). The molecule has 3 aromatic rings. The van der Waals surface area contributed by atoms with E-state index in [0.717, 1.165) is 34.0 Å². The molecule has 0 radical (unpaired) electrons. The summed E-state index contributed by atoms with van der Waals surface area (Å²) < 4.78 is 7.64. The van der Waals surface area contributed by atoms with Crippen LogP contribution in [0.15, 0.2) is 42.6 Å². The zero-order valence-electron chi connectivity index (χ0n) is 14.3. The summed E-state index contributed by atoms with van der Waals surface area (Å²) >= 11 is 1.60. The first-order valence-electron chi connectivity index (χ1n) is 8.07. The fourth-order valence-corrected chi connectivity index (χ4v) is 3.71. The standard InChI is InChI=1S/C19H20N2O3S/c1-4-16-18(13-5-7-15(8-6-13)24-11-12(2)3)21-10-14(9-17(22)23)20-19(21)25-16/h5-8,10H,2,4,9,11H2,1,3H3,(H,22,23). The van der Waals surface area contributed by atoms with E-state index in [9.17, 15) is 4.79 Å². The van der Waals surface area contributed by atoms with E-state index >= 15 is 0 Å². The lowest BCUT2D eigenvalue weighted by Gasteiger charge is -2.08. The molecule has 1 aromatic carbocycles. The van der Waals surface area contributed by atoms with Gasteiger partial charge in [-0.25, -0.2) is 4.98 Å². The number of fused-ring (bicyclic) bond motifs is 1. The van der Waals surface area contributed by atoms with Crippen LogP contribution in [-0.2, 0) is 17.6 Å². The molecule has 1 N–H and O–H groups in total. The third kappa shape index (κ3) is 3.74. The third-order valence-electron chi connectivity index (χ3n) is 3.71. The molecule has 25 heavy (non-hydrogen) atoms. The maximum atomic E-state index is 10.9. The summed E-state index contributed by atoms with van der Waals surface area (Å²) in [6, 6.07) is 7.92. The first-order valence-corrected chi connectivity index (χ1v) is 8.88. The minimum atomic E-state index is -0.873. The molecule has 0 spiro atoms. The van der Waals surface area contributed by atoms with Crippen LogP contribution in [0.4, 0.5) is 0 Å². The second kappa shape index (κ2) is 7.11. The van der Waals surface area contributed by atoms with Gasteiger partial charge in [0, 0.05) is 11.1 Å². The number of hydrogen-bond acceptors (Lipinski definition) is 4. The van der Waals surface area contributed by atoms with E-state index in [1.165, 1.54) is 4.88 Å². The number of imidazole rings is 1. The van der Waals surface area contributed by atoms with Gasteiger partial charge in [-0.2, -0.15) is 0 Å². The highest BCUT2D eigenvalue weighted by Crippen LogP contribution is 2.33. The second-order valence-electron chi connectivity index (χ2n) is 5.95. The first-order chi connectivity index (χ1) is 12.0. The molecule has 0 saturated carbocycles. The highest BCUT2D eigenvalue weighted by molar-refractivity contribution is 7.17. The van der Waals surface area contributed by atoms with Crippen molar-refractivity contribution in [1.82, 2.24) is 9.38 Å². The van der Waals surface area contributed by atoms with Crippen LogP contribution in [0.1, 0.15) is 24.4 Å². The zero-order valence-corrected chi connectivity index (χ0v) is 15.1. The molecule has 130 valence electrons. The van der Waals surface area contributed by atoms with Crippen molar-refractivity contribution >= 4 is 22.3 Å². The molecule has 2 aromatic heterocycles. The van der Waals surface area contributed by atoms with E-state index in [-0.39, 0.29) is 6.42 Å². The molecule has 2 heterocycles. The van der Waals surface area contributed by atoms with Gasteiger partial charge in [0.1, 0.15) is 12.4 Å². The Morgan fingerprint density at radius 2 is 2.08 bits per heavy atom. The molecule has 0 unspecified atom stereocenters. The lowest BCUT2D eigenvalue weighted by atomic mass is 10.1. The molecular weight excluding hydrogens is 336 g/mol. The summed E-state index contributed by atoms with van der Waals surface area (Å²) in [5.41, 5.74) is 3.67. The van der Waals surface area contributed by atoms with Gasteiger partial charge in [-0.15, -0.1) is 11.3 Å². The van der Waals surface area contributed by atoms with Crippen LogP contribution in [0.5, 0.6) is 5.75 Å². The van der Waals surface area contributed by atoms with E-state index in [0.29, 0.717) is 12.3 Å². The number of aromatic nitrogens is 2. The van der Waals surface area contributed by atoms with Crippen LogP contribution in [0.25, 0.3) is 16.2 Å². The summed E-state index contributed by atoms with van der Waals surface area (Å²) in [6.07, 6.45) is 2.65. The van der Waals surface area contributed by atoms with Gasteiger partial charge < -0.3 is 9.84 Å². The number of benzene rings is 1. The number of carboxylic acids is 1. The minimum Gasteiger partial charge on any atom is -0.489 e. The Balaban J connectivity index is 1.96. The second-order valence-corrected chi connectivity index (χ2v) is 7.01. The van der Waals surface area contributed by atoms with Crippen LogP contribution in [0.2, 0.25) is 0 Å². The Hall–Kier alpha value is -2.60. The fourth-order valence-electron chi connectivity index (χ4n) is 2.63. The van der Waals surface area contributed by atoms with Crippen molar-refractivity contribution < 1.29 is 14.6 Å². The van der Waals surface area contributed by atoms with Gasteiger partial charge in [0.05, 0.1) is 17.8 Å². The van der Waals surface area contributed by atoms with Crippen molar-refractivity contribution in [2.24, 2.45) is 0 Å². The van der Waals surface area contributed by atoms with E-state index in [1.807, 2.05) is 41.8 Å². The number of nitrogens with zero attached hydrogens (tertiary/aromatic N) is 2. The number of ether oxygens (including phenoxy) is 1. The SMILES string of the molecule is C=C(C)COc1ccc(-c2c(CC)sc3nc(CC(=O)O)cn23)cc1. The number of carboxylic acid groups (broad SMARTS) is 1. The topological polar surface area (TPSA) is 63.8 Å². The molecule has 0 atom stereocenters. The van der Waals surface area contributed by atoms with Gasteiger partial charge in [0.25, 0.3) is 0 Å². The lowest BCUT2D eigenvalue weighted by Crippen LogP contribution is -2.00. The van der Waals surface area contributed by atoms with Gasteiger partial charge in [0.15, 0.2) is 4.96 Å². The van der Waals surface area contributed by atoms with Crippen LogP contribution < -0.4 is 4.74 Å². The van der Waals surface area contributed by atoms with Crippen LogP contribution >= 0.6 is 11.3 Å². The quantitative estimate of drug-likeness (QED) is 0.644. The molecule has 6 heteroatoms. The van der Waals surface area contributed by atoms with E-state index in [4.69, 9.17) is 9.84 Å². The van der Waals surface area contributed by atoms with Crippen LogP contribution in [0, 0.1) is 0 Å². The van der Waals surface area contributed by atoms with E-state index < -0.39 is 5.97 Å². The number of hydrogen-bond donors (Lipinski definition) is 1. The summed E-state index contributed by atoms with van der Waals surface area (Å²) in [5, 5.41) is 8.97. The number of thiazole rings is 1. The normalized spacial score (nSPS) is 11.0. The Morgan fingerprint density at radius 3 is 2.68 bits per heavy atom. The summed E-state index contributed by atoms with van der Waals surface area (Å²) in [7, 11) is 0. The lowest BCUT2D eigenvalue weighted by molar-refractivity contribution is -0.136. The molecule has 5 nitrogen and oxygen atoms in total. The highest BCUT2D eigenvalue weighted by atomic mass is 32.1. The van der Waals surface area contributed by atoms with Crippen molar-refractivity contribution in [2.75, 3.05) is 6.61 Å². The minimum absolute atomic E-state index is 0.0665. The fraction of sp³-hybridized carbons (Fsp3) is 0.263. The predicted molar refractivity (Wildman–Crippen MR) is 99.5 cm³/mol. The molecule has 0 fully saturated rings. The first kappa shape index (κ1) is 17.2. The number of carbonyl (C=O) groups is 1. The average Bonchev–Trinajstić information content (AvgIpc) is 3.09. The van der Waals surface area contributed by atoms with Crippen molar-refractivity contribution in [1.29, 1.82) is 0 Å². The van der Waals surface area contributed by atoms with Gasteiger partial charge >= 0.3 is 5.97 Å². The van der Waals surface area contributed by atoms with E-state index in [2.05, 4.69) is 18.5 Å². The molecule has 0 aliphatic carbocycles. The number of rotatable bonds is 7. The van der Waals surface area contributed by atoms with Crippen LogP contribution in [0.3, 0.4) is 0 Å². The largest absolute Gasteiger partial charge is 0.489 e. The zero-order chi connectivity index (χ0) is 18.0. The Morgan fingerprint density at radius 1 is 1.36 bits per heavy atom. The number of aryl methyl sites for hydroxylation is 1. The molecular formula is C19H20N2O3S. The maximum Gasteiger partial charge on any atom is 0.309 e. The maximum absolute atomic E-state index is 10.9. The van der Waals surface area contributed by atoms with E-state index in [1.54, 1.807) is 11.3 Å². The molecule has 0 amide bonds. The third-order valence-corrected chi connectivity index (χ3v) is 4.91. The predicted octanol–water partition coefficient (Wildman–Crippen LogP) is 4.21. The smallest absolute Gasteiger partial charge is 0.309 e. The summed E-state index contributed by atoms with van der Waals surface area (Å²) in [4.78, 5) is 17.4. The summed E-state index contributed by atoms with van der Waals surface area (Å²) in [6.45, 7) is 8.37. The monoisotopic (exact) mass is 356 g/mol. The molecule has 0 aliphatic rings. The molecule has 0 saturated heterocycles. The van der Waals surface area contributed by atoms with Gasteiger partial charge in [-0.3, -0.25) is 9.20 Å². The van der Waals surface area contributed by atoms with Crippen LogP contribution in [-0.4, -0.2) is 27.1 Å². The Labute approximate surface area is 150 Å². The molecule has 0 aliphatic heterocycles. The number of aliphatic carboxylic acids is 1. The van der Waals surface area contributed by atoms with Crippen molar-refractivity contribution in [3.05, 3.63) is 53.2 Å². The molecule has 0 bridgehead atoms. The summed E-state index contributed by atoms with van der Waals surface area (Å²) in [5.74, 6) is -0.0736. The van der Waals surface area contributed by atoms with Gasteiger partial charge in [-0.1, -0.05) is 13.5 Å². The van der Waals surface area contributed by atoms with Gasteiger partial charge in [0.2, 0.25) is 0 Å². The van der Waals surface area contributed by atoms with Crippen molar-refractivity contribution in [3.63, 3.8) is 0 Å². The average molecular weight is 356 g/mol. The van der Waals surface area contributed by atoms with Crippen molar-refractivity contribution in [2.45, 2.75) is 26.7 Å². The highest BCUT2D eigenvalue weighted by Gasteiger charge is 2.16. The van der Waals surface area contributed by atoms with Crippen molar-refractivity contribution in [3.8, 4) is 17.0 Å². The van der Waals surface area contributed by atoms with Gasteiger partial charge in [-0.05, 0) is 48.7 Å². The Bertz CT molecular complexity index is 922.